The minimum atomic E-state index is -0.0248. The first-order valence-electron chi connectivity index (χ1n) is 16.8. The number of nitriles is 1. The van der Waals surface area contributed by atoms with Crippen LogP contribution in [-0.4, -0.2) is 30.9 Å². The fourth-order valence-electron chi connectivity index (χ4n) is 6.69. The topological polar surface area (TPSA) is 81.5 Å². The second-order valence-corrected chi connectivity index (χ2v) is 13.6. The molecule has 0 radical (unpaired) electrons. The van der Waals surface area contributed by atoms with Gasteiger partial charge in [0.15, 0.2) is 0 Å². The van der Waals surface area contributed by atoms with E-state index in [0.29, 0.717) is 24.4 Å². The van der Waals surface area contributed by atoms with Gasteiger partial charge < -0.3 is 9.30 Å². The van der Waals surface area contributed by atoms with Crippen molar-refractivity contribution in [2.45, 2.75) is 143 Å². The Kier molecular flexibility index (Phi) is 12.4. The molecular weight excluding hydrogens is 520 g/mol. The molecule has 1 saturated carbocycles. The summed E-state index contributed by atoms with van der Waals surface area (Å²) in [5, 5.41) is 15.2. The van der Waals surface area contributed by atoms with Gasteiger partial charge in [0, 0.05) is 30.0 Å². The van der Waals surface area contributed by atoms with Crippen LogP contribution in [0.1, 0.15) is 143 Å². The summed E-state index contributed by atoms with van der Waals surface area (Å²) in [5.41, 5.74) is 3.24. The van der Waals surface area contributed by atoms with Gasteiger partial charge in [-0.2, -0.15) is 10.4 Å². The summed E-state index contributed by atoms with van der Waals surface area (Å²) in [6, 6.07) is 4.63. The minimum Gasteiger partial charge on any atom is -0.358 e. The second kappa shape index (κ2) is 16.2. The second-order valence-electron chi connectivity index (χ2n) is 13.6. The van der Waals surface area contributed by atoms with Gasteiger partial charge in [0.1, 0.15) is 18.2 Å². The van der Waals surface area contributed by atoms with E-state index in [2.05, 4.69) is 66.8 Å². The zero-order valence-electron chi connectivity index (χ0n) is 26.7. The largest absolute Gasteiger partial charge is 0.358 e. The molecule has 7 heteroatoms. The summed E-state index contributed by atoms with van der Waals surface area (Å²) in [7, 11) is 0. The molecule has 3 aromatic rings. The summed E-state index contributed by atoms with van der Waals surface area (Å²) in [4.78, 5) is 9.35. The van der Waals surface area contributed by atoms with E-state index in [9.17, 15) is 5.26 Å². The molecule has 3 aromatic heterocycles. The first-order valence-corrected chi connectivity index (χ1v) is 16.8. The van der Waals surface area contributed by atoms with Crippen LogP contribution >= 0.6 is 0 Å². The quantitative estimate of drug-likeness (QED) is 0.141. The highest BCUT2D eigenvalue weighted by Crippen LogP contribution is 2.37. The zero-order chi connectivity index (χ0) is 29.8. The van der Waals surface area contributed by atoms with E-state index < -0.39 is 0 Å². The maximum atomic E-state index is 9.47. The maximum Gasteiger partial charge on any atom is 0.146 e. The Hall–Kier alpha value is -2.72. The van der Waals surface area contributed by atoms with E-state index in [1.54, 1.807) is 6.33 Å². The fraction of sp³-hybridized carbons (Fsp3) is 0.714. The lowest BCUT2D eigenvalue weighted by Gasteiger charge is -2.21. The molecule has 1 aliphatic rings. The van der Waals surface area contributed by atoms with Gasteiger partial charge in [-0.25, -0.2) is 9.97 Å². The number of ether oxygens (including phenoxy) is 1. The lowest BCUT2D eigenvalue weighted by molar-refractivity contribution is 0.00517. The van der Waals surface area contributed by atoms with Gasteiger partial charge in [-0.05, 0) is 56.4 Å². The normalized spacial score (nSPS) is 15.8. The number of rotatable bonds is 18. The van der Waals surface area contributed by atoms with Gasteiger partial charge in [0.2, 0.25) is 0 Å². The molecular formula is C35H54N6O. The van der Waals surface area contributed by atoms with Gasteiger partial charge >= 0.3 is 0 Å². The smallest absolute Gasteiger partial charge is 0.146 e. The molecule has 4 rings (SSSR count). The molecule has 3 heterocycles. The van der Waals surface area contributed by atoms with E-state index >= 15 is 0 Å². The average Bonchev–Trinajstić information content (AvgIpc) is 3.75. The van der Waals surface area contributed by atoms with Crippen LogP contribution in [0.3, 0.4) is 0 Å². The van der Waals surface area contributed by atoms with Crippen LogP contribution < -0.4 is 0 Å². The van der Waals surface area contributed by atoms with Gasteiger partial charge in [0.05, 0.1) is 30.4 Å². The number of unbranched alkanes of at least 4 members (excludes halogenated alkanes) is 8. The Morgan fingerprint density at radius 1 is 1.00 bits per heavy atom. The molecule has 0 N–H and O–H groups in total. The van der Waals surface area contributed by atoms with Crippen LogP contribution in [0.2, 0.25) is 0 Å². The molecule has 1 aliphatic carbocycles. The van der Waals surface area contributed by atoms with E-state index in [1.807, 2.05) is 10.9 Å². The average molecular weight is 575 g/mol. The summed E-state index contributed by atoms with van der Waals surface area (Å²) in [5.74, 6) is 0.527. The molecule has 0 spiro atoms. The van der Waals surface area contributed by atoms with Gasteiger partial charge in [-0.3, -0.25) is 4.68 Å². The van der Waals surface area contributed by atoms with Crippen molar-refractivity contribution in [3.05, 3.63) is 31.0 Å². The van der Waals surface area contributed by atoms with Crippen molar-refractivity contribution in [1.82, 2.24) is 24.3 Å². The molecule has 7 nitrogen and oxygen atoms in total. The molecule has 42 heavy (non-hydrogen) atoms. The van der Waals surface area contributed by atoms with Crippen LogP contribution in [0, 0.1) is 22.7 Å². The van der Waals surface area contributed by atoms with Crippen LogP contribution in [-0.2, 0) is 4.74 Å². The lowest BCUT2D eigenvalue weighted by atomic mass is 9.89. The van der Waals surface area contributed by atoms with Crippen LogP contribution in [0.4, 0.5) is 0 Å². The van der Waals surface area contributed by atoms with E-state index in [0.717, 1.165) is 35.1 Å². The zero-order valence-corrected chi connectivity index (χ0v) is 26.7. The molecule has 1 fully saturated rings. The van der Waals surface area contributed by atoms with Crippen molar-refractivity contribution >= 4 is 11.0 Å². The molecule has 0 amide bonds. The SMILES string of the molecule is CCOC(CCCCCCCCCCCC(C)(C)C)n1ccc2c(-c3cnn(C(CC#N)C4CCCC4)c3)ncnc21. The number of hydrogen-bond donors (Lipinski definition) is 0. The highest BCUT2D eigenvalue weighted by molar-refractivity contribution is 5.90. The molecule has 2 atom stereocenters. The summed E-state index contributed by atoms with van der Waals surface area (Å²) < 4.78 is 10.4. The van der Waals surface area contributed by atoms with Crippen LogP contribution in [0.15, 0.2) is 31.0 Å². The number of nitrogens with zero attached hydrogens (tertiary/aromatic N) is 6. The Balaban J connectivity index is 1.31. The molecule has 2 unspecified atom stereocenters. The number of aromatic nitrogens is 5. The fourth-order valence-corrected chi connectivity index (χ4v) is 6.69. The standard InChI is InChI=1S/C35H54N6O/c1-5-42-32(19-13-11-9-7-6-8-10-12-16-22-35(2,3)4)40-24-21-30-33(37-27-38-34(30)40)29-25-39-41(26-29)31(20-23-36)28-17-14-15-18-28/h21,24-28,31-32H,5-20,22H2,1-4H3. The molecule has 0 saturated heterocycles. The molecule has 0 aliphatic heterocycles. The van der Waals surface area contributed by atoms with Crippen molar-refractivity contribution in [2.24, 2.45) is 11.3 Å². The first kappa shape index (κ1) is 32.2. The van der Waals surface area contributed by atoms with Gasteiger partial charge in [-0.1, -0.05) is 85.0 Å². The Bertz CT molecular complexity index is 1240. The van der Waals surface area contributed by atoms with E-state index in [4.69, 9.17) is 9.84 Å². The highest BCUT2D eigenvalue weighted by atomic mass is 16.5. The third-order valence-corrected chi connectivity index (χ3v) is 9.02. The maximum absolute atomic E-state index is 9.47. The predicted molar refractivity (Wildman–Crippen MR) is 171 cm³/mol. The van der Waals surface area contributed by atoms with Crippen LogP contribution in [0.25, 0.3) is 22.3 Å². The lowest BCUT2D eigenvalue weighted by Crippen LogP contribution is -2.17. The Labute approximate surface area is 254 Å². The van der Waals surface area contributed by atoms with Crippen LogP contribution in [0.5, 0.6) is 0 Å². The minimum absolute atomic E-state index is 0.0248. The van der Waals surface area contributed by atoms with E-state index in [-0.39, 0.29) is 12.3 Å². The van der Waals surface area contributed by atoms with Crippen molar-refractivity contribution in [3.63, 3.8) is 0 Å². The monoisotopic (exact) mass is 574 g/mol. The van der Waals surface area contributed by atoms with Crippen molar-refractivity contribution in [3.8, 4) is 17.3 Å². The predicted octanol–water partition coefficient (Wildman–Crippen LogP) is 9.81. The summed E-state index contributed by atoms with van der Waals surface area (Å²) in [6.07, 6.45) is 27.3. The number of hydrogen-bond acceptors (Lipinski definition) is 5. The molecule has 0 bridgehead atoms. The number of fused-ring (bicyclic) bond motifs is 1. The molecule has 230 valence electrons. The molecule has 0 aromatic carbocycles. The Morgan fingerprint density at radius 3 is 2.36 bits per heavy atom. The van der Waals surface area contributed by atoms with Crippen molar-refractivity contribution in [2.75, 3.05) is 6.61 Å². The van der Waals surface area contributed by atoms with Gasteiger partial charge in [0.25, 0.3) is 0 Å². The first-order chi connectivity index (χ1) is 20.4. The highest BCUT2D eigenvalue weighted by Gasteiger charge is 2.27. The third kappa shape index (κ3) is 9.14. The third-order valence-electron chi connectivity index (χ3n) is 9.02. The Morgan fingerprint density at radius 2 is 1.69 bits per heavy atom. The van der Waals surface area contributed by atoms with Gasteiger partial charge in [-0.15, -0.1) is 0 Å². The van der Waals surface area contributed by atoms with E-state index in [1.165, 1.54) is 83.5 Å². The van der Waals surface area contributed by atoms with Crippen molar-refractivity contribution in [1.29, 1.82) is 5.26 Å². The summed E-state index contributed by atoms with van der Waals surface area (Å²) >= 11 is 0. The summed E-state index contributed by atoms with van der Waals surface area (Å²) in [6.45, 7) is 9.77. The van der Waals surface area contributed by atoms with Crippen molar-refractivity contribution < 1.29 is 4.74 Å².